The molecule has 0 radical (unpaired) electrons. The molecule has 1 aliphatic rings. The van der Waals surface area contributed by atoms with Crippen LogP contribution in [0.1, 0.15) is 17.9 Å². The van der Waals surface area contributed by atoms with Crippen molar-refractivity contribution in [2.45, 2.75) is 19.4 Å². The Morgan fingerprint density at radius 2 is 2.53 bits per heavy atom. The lowest BCUT2D eigenvalue weighted by Crippen LogP contribution is -2.17. The highest BCUT2D eigenvalue weighted by Crippen LogP contribution is 2.15. The zero-order valence-corrected chi connectivity index (χ0v) is 8.53. The fourth-order valence-corrected chi connectivity index (χ4v) is 1.78. The van der Waals surface area contributed by atoms with Gasteiger partial charge in [0.25, 0.3) is 5.56 Å². The van der Waals surface area contributed by atoms with Gasteiger partial charge in [-0.25, -0.2) is 4.98 Å². The van der Waals surface area contributed by atoms with Crippen molar-refractivity contribution in [3.63, 3.8) is 0 Å². The summed E-state index contributed by atoms with van der Waals surface area (Å²) in [6.07, 6.45) is 1.81. The van der Waals surface area contributed by atoms with Crippen LogP contribution in [0.4, 0.5) is 0 Å². The molecule has 1 saturated heterocycles. The topological polar surface area (TPSA) is 81.0 Å². The van der Waals surface area contributed by atoms with Gasteiger partial charge in [-0.3, -0.25) is 4.79 Å². The first-order valence-electron chi connectivity index (χ1n) is 5.15. The summed E-state index contributed by atoms with van der Waals surface area (Å²) in [6.45, 7) is 1.88. The number of rotatable bonds is 3. The molecule has 0 bridgehead atoms. The summed E-state index contributed by atoms with van der Waals surface area (Å²) in [5.74, 6) is 1.19. The largest absolute Gasteiger partial charge is 0.381 e. The van der Waals surface area contributed by atoms with Gasteiger partial charge < -0.3 is 15.5 Å². The van der Waals surface area contributed by atoms with Crippen molar-refractivity contribution in [1.29, 1.82) is 0 Å². The Labute approximate surface area is 87.7 Å². The van der Waals surface area contributed by atoms with Gasteiger partial charge in [0, 0.05) is 32.2 Å². The number of nitrogens with two attached hydrogens (primary N) is 1. The van der Waals surface area contributed by atoms with Gasteiger partial charge in [0.2, 0.25) is 0 Å². The van der Waals surface area contributed by atoms with Gasteiger partial charge in [-0.15, -0.1) is 0 Å². The predicted octanol–water partition coefficient (Wildman–Crippen LogP) is -0.192. The maximum Gasteiger partial charge on any atom is 0.251 e. The predicted molar refractivity (Wildman–Crippen MR) is 55.4 cm³/mol. The molecule has 3 N–H and O–H groups in total. The van der Waals surface area contributed by atoms with Crippen LogP contribution in [0, 0.1) is 5.92 Å². The van der Waals surface area contributed by atoms with Crippen molar-refractivity contribution in [3.8, 4) is 0 Å². The second-order valence-electron chi connectivity index (χ2n) is 3.82. The maximum absolute atomic E-state index is 11.3. The minimum absolute atomic E-state index is 0.126. The number of H-pyrrole nitrogens is 1. The van der Waals surface area contributed by atoms with Crippen molar-refractivity contribution in [1.82, 2.24) is 9.97 Å². The van der Waals surface area contributed by atoms with E-state index in [0.717, 1.165) is 31.9 Å². The van der Waals surface area contributed by atoms with E-state index in [0.29, 0.717) is 18.2 Å². The van der Waals surface area contributed by atoms with Crippen molar-refractivity contribution in [2.24, 2.45) is 11.7 Å². The highest BCUT2D eigenvalue weighted by atomic mass is 16.5. The normalized spacial score (nSPS) is 20.7. The third kappa shape index (κ3) is 2.64. The lowest BCUT2D eigenvalue weighted by Gasteiger charge is -2.07. The van der Waals surface area contributed by atoms with Gasteiger partial charge in [0.15, 0.2) is 0 Å². The summed E-state index contributed by atoms with van der Waals surface area (Å²) in [5, 5.41) is 0. The van der Waals surface area contributed by atoms with E-state index in [1.54, 1.807) is 0 Å². The average Bonchev–Trinajstić information content (AvgIpc) is 2.69. The van der Waals surface area contributed by atoms with E-state index in [-0.39, 0.29) is 5.56 Å². The van der Waals surface area contributed by atoms with Gasteiger partial charge in [0.1, 0.15) is 5.82 Å². The third-order valence-corrected chi connectivity index (χ3v) is 2.56. The minimum atomic E-state index is -0.126. The van der Waals surface area contributed by atoms with Crippen LogP contribution < -0.4 is 11.3 Å². The second kappa shape index (κ2) is 4.55. The quantitative estimate of drug-likeness (QED) is 0.722. The van der Waals surface area contributed by atoms with E-state index < -0.39 is 0 Å². The number of ether oxygens (including phenoxy) is 1. The Bertz CT molecular complexity index is 382. The molecule has 2 heterocycles. The molecule has 1 aromatic rings. The van der Waals surface area contributed by atoms with Crippen molar-refractivity contribution in [2.75, 3.05) is 13.2 Å². The molecule has 0 spiro atoms. The van der Waals surface area contributed by atoms with Gasteiger partial charge >= 0.3 is 0 Å². The van der Waals surface area contributed by atoms with Gasteiger partial charge in [0.05, 0.1) is 5.69 Å². The van der Waals surface area contributed by atoms with Gasteiger partial charge in [-0.05, 0) is 12.3 Å². The molecule has 1 atom stereocenters. The molecule has 0 aliphatic carbocycles. The minimum Gasteiger partial charge on any atom is -0.381 e. The number of hydrogen-bond acceptors (Lipinski definition) is 4. The third-order valence-electron chi connectivity index (χ3n) is 2.56. The molecular weight excluding hydrogens is 194 g/mol. The number of nitrogens with zero attached hydrogens (tertiary/aromatic N) is 1. The monoisotopic (exact) mass is 209 g/mol. The standard InChI is InChI=1S/C10H15N3O2/c11-5-8-4-10(14)13-9(12-8)3-7-1-2-15-6-7/h4,7H,1-3,5-6,11H2,(H,12,13,14). The molecule has 15 heavy (non-hydrogen) atoms. The summed E-state index contributed by atoms with van der Waals surface area (Å²) in [6, 6.07) is 1.44. The lowest BCUT2D eigenvalue weighted by molar-refractivity contribution is 0.185. The molecule has 2 rings (SSSR count). The fraction of sp³-hybridized carbons (Fsp3) is 0.600. The zero-order valence-electron chi connectivity index (χ0n) is 8.53. The molecule has 1 fully saturated rings. The first kappa shape index (κ1) is 10.3. The molecular formula is C10H15N3O2. The second-order valence-corrected chi connectivity index (χ2v) is 3.82. The molecule has 0 aromatic carbocycles. The van der Waals surface area contributed by atoms with E-state index in [9.17, 15) is 4.79 Å². The van der Waals surface area contributed by atoms with Crippen LogP contribution in [0.2, 0.25) is 0 Å². The van der Waals surface area contributed by atoms with Crippen LogP contribution in [0.15, 0.2) is 10.9 Å². The fourth-order valence-electron chi connectivity index (χ4n) is 1.78. The number of aromatic amines is 1. The van der Waals surface area contributed by atoms with Crippen molar-refractivity contribution < 1.29 is 4.74 Å². The van der Waals surface area contributed by atoms with Crippen LogP contribution in [0.3, 0.4) is 0 Å². The van der Waals surface area contributed by atoms with Gasteiger partial charge in [-0.1, -0.05) is 0 Å². The Morgan fingerprint density at radius 3 is 3.20 bits per heavy atom. The van der Waals surface area contributed by atoms with Crippen LogP contribution >= 0.6 is 0 Å². The molecule has 5 heteroatoms. The SMILES string of the molecule is NCc1cc(=O)[nH]c(CC2CCOC2)n1. The average molecular weight is 209 g/mol. The number of nitrogens with one attached hydrogen (secondary N) is 1. The number of aromatic nitrogens is 2. The van der Waals surface area contributed by atoms with E-state index in [1.807, 2.05) is 0 Å². The summed E-state index contributed by atoms with van der Waals surface area (Å²) in [4.78, 5) is 18.3. The molecule has 0 saturated carbocycles. The Kier molecular flexibility index (Phi) is 3.13. The molecule has 0 amide bonds. The molecule has 82 valence electrons. The maximum atomic E-state index is 11.3. The summed E-state index contributed by atoms with van der Waals surface area (Å²) in [7, 11) is 0. The van der Waals surface area contributed by atoms with E-state index >= 15 is 0 Å². The highest BCUT2D eigenvalue weighted by molar-refractivity contribution is 5.03. The summed E-state index contributed by atoms with van der Waals surface area (Å²) in [5.41, 5.74) is 5.98. The van der Waals surface area contributed by atoms with Crippen LogP contribution in [-0.4, -0.2) is 23.2 Å². The van der Waals surface area contributed by atoms with Gasteiger partial charge in [-0.2, -0.15) is 0 Å². The Morgan fingerprint density at radius 1 is 1.67 bits per heavy atom. The number of hydrogen-bond donors (Lipinski definition) is 2. The summed E-state index contributed by atoms with van der Waals surface area (Å²) >= 11 is 0. The Hall–Kier alpha value is -1.20. The first-order valence-corrected chi connectivity index (χ1v) is 5.15. The first-order chi connectivity index (χ1) is 7.28. The lowest BCUT2D eigenvalue weighted by atomic mass is 10.0. The van der Waals surface area contributed by atoms with E-state index in [1.165, 1.54) is 6.07 Å². The zero-order chi connectivity index (χ0) is 10.7. The molecule has 5 nitrogen and oxygen atoms in total. The van der Waals surface area contributed by atoms with Crippen molar-refractivity contribution in [3.05, 3.63) is 27.9 Å². The molecule has 1 aliphatic heterocycles. The van der Waals surface area contributed by atoms with Crippen LogP contribution in [0.5, 0.6) is 0 Å². The summed E-state index contributed by atoms with van der Waals surface area (Å²) < 4.78 is 5.27. The van der Waals surface area contributed by atoms with Crippen LogP contribution in [-0.2, 0) is 17.7 Å². The molecule has 1 aromatic heterocycles. The highest BCUT2D eigenvalue weighted by Gasteiger charge is 2.17. The van der Waals surface area contributed by atoms with Crippen molar-refractivity contribution >= 4 is 0 Å². The van der Waals surface area contributed by atoms with E-state index in [4.69, 9.17) is 10.5 Å². The van der Waals surface area contributed by atoms with E-state index in [2.05, 4.69) is 9.97 Å². The smallest absolute Gasteiger partial charge is 0.251 e. The van der Waals surface area contributed by atoms with Crippen LogP contribution in [0.25, 0.3) is 0 Å². The molecule has 1 unspecified atom stereocenters. The Balaban J connectivity index is 2.12.